The molecule has 2 aliphatic carbocycles. The van der Waals surface area contributed by atoms with E-state index in [0.717, 1.165) is 37.0 Å². The Balaban J connectivity index is 1.67. The highest BCUT2D eigenvalue weighted by Crippen LogP contribution is 2.40. The summed E-state index contributed by atoms with van der Waals surface area (Å²) in [6.07, 6.45) is 6.40. The number of aromatic nitrogens is 3. The summed E-state index contributed by atoms with van der Waals surface area (Å²) >= 11 is 1.09. The molecular weight excluding hydrogens is 536 g/mol. The van der Waals surface area contributed by atoms with Crippen LogP contribution in [-0.4, -0.2) is 51.7 Å². The van der Waals surface area contributed by atoms with E-state index < -0.39 is 21.1 Å². The molecule has 0 unspecified atom stereocenters. The number of sulfone groups is 1. The maximum atomic E-state index is 14.1. The molecule has 0 spiro atoms. The third-order valence-corrected chi connectivity index (χ3v) is 11.1. The third kappa shape index (κ3) is 6.55. The first kappa shape index (κ1) is 29.3. The predicted molar refractivity (Wildman–Crippen MR) is 150 cm³/mol. The Bertz CT molecular complexity index is 1380. The molecule has 0 saturated heterocycles. The molecule has 9 nitrogen and oxygen atoms in total. The molecule has 2 saturated carbocycles. The molecule has 2 aromatic heterocycles. The van der Waals surface area contributed by atoms with E-state index >= 15 is 0 Å². The van der Waals surface area contributed by atoms with Gasteiger partial charge in [0.05, 0.1) is 22.0 Å². The zero-order valence-corrected chi connectivity index (χ0v) is 24.9. The third-order valence-electron chi connectivity index (χ3n) is 7.74. The van der Waals surface area contributed by atoms with Crippen LogP contribution in [-0.2, 0) is 21.7 Å². The Labute approximate surface area is 234 Å². The van der Waals surface area contributed by atoms with E-state index in [4.69, 9.17) is 0 Å². The van der Waals surface area contributed by atoms with Crippen LogP contribution in [0, 0.1) is 29.1 Å². The van der Waals surface area contributed by atoms with Crippen molar-refractivity contribution >= 4 is 38.7 Å². The van der Waals surface area contributed by atoms with Crippen molar-refractivity contribution in [3.63, 3.8) is 0 Å². The lowest BCUT2D eigenvalue weighted by molar-refractivity contribution is -0.124. The number of hydrogen-bond donors (Lipinski definition) is 1. The van der Waals surface area contributed by atoms with Crippen molar-refractivity contribution in [1.82, 2.24) is 15.0 Å². The fraction of sp³-hybridized carbons (Fsp3) is 0.643. The van der Waals surface area contributed by atoms with Crippen molar-refractivity contribution in [3.05, 3.63) is 22.0 Å². The van der Waals surface area contributed by atoms with Crippen LogP contribution < -0.4 is 4.90 Å². The van der Waals surface area contributed by atoms with Crippen molar-refractivity contribution in [1.29, 1.82) is 0 Å². The number of amides is 1. The first-order valence-corrected chi connectivity index (χ1v) is 16.0. The van der Waals surface area contributed by atoms with Gasteiger partial charge in [0.15, 0.2) is 14.9 Å². The minimum atomic E-state index is -3.62. The summed E-state index contributed by atoms with van der Waals surface area (Å²) in [6, 6.07) is 1.45. The lowest BCUT2D eigenvalue weighted by Crippen LogP contribution is -2.47. The minimum absolute atomic E-state index is 0.0559. The molecule has 0 atom stereocenters. The van der Waals surface area contributed by atoms with Crippen LogP contribution in [0.3, 0.4) is 0 Å². The van der Waals surface area contributed by atoms with E-state index in [0.29, 0.717) is 42.2 Å². The van der Waals surface area contributed by atoms with Gasteiger partial charge >= 0.3 is 5.97 Å². The number of thiophene rings is 1. The van der Waals surface area contributed by atoms with Crippen molar-refractivity contribution in [3.8, 4) is 11.8 Å². The Morgan fingerprint density at radius 2 is 1.74 bits per heavy atom. The average molecular weight is 575 g/mol. The first-order chi connectivity index (χ1) is 18.3. The molecule has 2 fully saturated rings. The molecule has 1 N–H and O–H groups in total. The summed E-state index contributed by atoms with van der Waals surface area (Å²) in [4.78, 5) is 28.8. The summed E-state index contributed by atoms with van der Waals surface area (Å²) in [7, 11) is -2.07. The van der Waals surface area contributed by atoms with Crippen LogP contribution in [0.5, 0.6) is 0 Å². The van der Waals surface area contributed by atoms with Crippen molar-refractivity contribution in [2.45, 2.75) is 95.4 Å². The molecule has 2 aromatic rings. The molecule has 0 aromatic carbocycles. The predicted octanol–water partition coefficient (Wildman–Crippen LogP) is 4.92. The van der Waals surface area contributed by atoms with Crippen molar-refractivity contribution in [2.24, 2.45) is 24.3 Å². The SMILES string of the molecule is CC1CCC(C(=O)N(c2cc(C#CC(C)(C)C)sc2C(=O)O)C2CCC(S(=O)(=O)c3cnnn3C)CC2)CC1. The number of aryl methyl sites for hydroxylation is 1. The molecular formula is C28H38N4O5S2. The smallest absolute Gasteiger partial charge is 0.348 e. The van der Waals surface area contributed by atoms with Crippen LogP contribution >= 0.6 is 11.3 Å². The number of carbonyl (C=O) groups is 2. The lowest BCUT2D eigenvalue weighted by atomic mass is 9.81. The monoisotopic (exact) mass is 574 g/mol. The fourth-order valence-electron chi connectivity index (χ4n) is 5.55. The van der Waals surface area contributed by atoms with Gasteiger partial charge in [-0.15, -0.1) is 16.4 Å². The number of carbonyl (C=O) groups excluding carboxylic acids is 1. The standard InChI is InChI=1S/C28H38N4O5S2/c1-18-6-8-19(9-7-18)26(33)32(23-16-21(14-15-28(2,3)4)38-25(23)27(34)35)20-10-12-22(13-11-20)39(36,37)24-17-29-30-31(24)5/h16-20,22H,6-13H2,1-5H3,(H,34,35). The van der Waals surface area contributed by atoms with Crippen LogP contribution in [0.1, 0.15) is 93.6 Å². The number of nitrogens with zero attached hydrogens (tertiary/aromatic N) is 4. The Kier molecular flexibility index (Phi) is 8.57. The van der Waals surface area contributed by atoms with E-state index in [9.17, 15) is 23.1 Å². The van der Waals surface area contributed by atoms with Crippen LogP contribution in [0.25, 0.3) is 0 Å². The van der Waals surface area contributed by atoms with E-state index in [-0.39, 0.29) is 33.2 Å². The molecule has 2 heterocycles. The van der Waals surface area contributed by atoms with Gasteiger partial charge in [-0.25, -0.2) is 17.9 Å². The van der Waals surface area contributed by atoms with Gasteiger partial charge in [0.1, 0.15) is 4.88 Å². The molecule has 0 radical (unpaired) electrons. The Morgan fingerprint density at radius 3 is 2.28 bits per heavy atom. The topological polar surface area (TPSA) is 122 Å². The molecule has 0 aliphatic heterocycles. The fourth-order valence-corrected chi connectivity index (χ4v) is 8.22. The van der Waals surface area contributed by atoms with E-state index in [2.05, 4.69) is 29.1 Å². The number of aromatic carboxylic acids is 1. The average Bonchev–Trinajstić information content (AvgIpc) is 3.50. The summed E-state index contributed by atoms with van der Waals surface area (Å²) in [5.74, 6) is 5.51. The van der Waals surface area contributed by atoms with Crippen LogP contribution in [0.15, 0.2) is 17.3 Å². The first-order valence-electron chi connectivity index (χ1n) is 13.6. The minimum Gasteiger partial charge on any atom is -0.477 e. The van der Waals surface area contributed by atoms with Gasteiger partial charge < -0.3 is 10.0 Å². The van der Waals surface area contributed by atoms with E-state index in [1.165, 1.54) is 10.9 Å². The van der Waals surface area contributed by atoms with Gasteiger partial charge in [-0.3, -0.25) is 4.79 Å². The molecule has 2 aliphatic rings. The molecule has 212 valence electrons. The number of carboxylic acids is 1. The molecule has 0 bridgehead atoms. The second-order valence-corrected chi connectivity index (χ2v) is 15.2. The van der Waals surface area contributed by atoms with Gasteiger partial charge in [0, 0.05) is 24.4 Å². The van der Waals surface area contributed by atoms with Gasteiger partial charge in [-0.05, 0) is 84.1 Å². The van der Waals surface area contributed by atoms with E-state index in [1.54, 1.807) is 18.0 Å². The van der Waals surface area contributed by atoms with Crippen LogP contribution in [0.4, 0.5) is 5.69 Å². The maximum absolute atomic E-state index is 14.1. The van der Waals surface area contributed by atoms with Crippen molar-refractivity contribution in [2.75, 3.05) is 4.90 Å². The Hall–Kier alpha value is -2.71. The highest BCUT2D eigenvalue weighted by Gasteiger charge is 2.40. The number of anilines is 1. The highest BCUT2D eigenvalue weighted by molar-refractivity contribution is 7.92. The largest absolute Gasteiger partial charge is 0.477 e. The maximum Gasteiger partial charge on any atom is 0.348 e. The van der Waals surface area contributed by atoms with Gasteiger partial charge in [0.2, 0.25) is 5.91 Å². The number of hydrogen-bond acceptors (Lipinski definition) is 7. The normalized spacial score (nSPS) is 24.0. The van der Waals surface area contributed by atoms with Gasteiger partial charge in [-0.1, -0.05) is 24.0 Å². The summed E-state index contributed by atoms with van der Waals surface area (Å²) in [5, 5.41) is 17.1. The highest BCUT2D eigenvalue weighted by atomic mass is 32.2. The summed E-state index contributed by atoms with van der Waals surface area (Å²) < 4.78 is 27.8. The second kappa shape index (κ2) is 11.4. The molecule has 39 heavy (non-hydrogen) atoms. The van der Waals surface area contributed by atoms with Crippen molar-refractivity contribution < 1.29 is 23.1 Å². The molecule has 4 rings (SSSR count). The zero-order valence-electron chi connectivity index (χ0n) is 23.3. The molecule has 11 heteroatoms. The lowest BCUT2D eigenvalue weighted by Gasteiger charge is -2.39. The zero-order chi connectivity index (χ0) is 28.5. The Morgan fingerprint density at radius 1 is 1.10 bits per heavy atom. The quantitative estimate of drug-likeness (QED) is 0.486. The van der Waals surface area contributed by atoms with Crippen LogP contribution in [0.2, 0.25) is 0 Å². The van der Waals surface area contributed by atoms with Gasteiger partial charge in [-0.2, -0.15) is 0 Å². The summed E-state index contributed by atoms with van der Waals surface area (Å²) in [6.45, 7) is 8.15. The second-order valence-electron chi connectivity index (χ2n) is 12.0. The summed E-state index contributed by atoms with van der Waals surface area (Å²) in [5.41, 5.74) is 0.131. The number of rotatable bonds is 6. The number of carboxylic acid groups (broad SMARTS) is 1. The molecule has 1 amide bonds. The van der Waals surface area contributed by atoms with E-state index in [1.807, 2.05) is 20.8 Å². The van der Waals surface area contributed by atoms with Gasteiger partial charge in [0.25, 0.3) is 0 Å².